The SMILES string of the molecule is CNCc1cc(CCOc2ccccc2)n(Cc2ccccc2)n1.Cl. The van der Waals surface area contributed by atoms with Crippen LogP contribution in [0, 0.1) is 0 Å². The summed E-state index contributed by atoms with van der Waals surface area (Å²) in [7, 11) is 1.94. The summed E-state index contributed by atoms with van der Waals surface area (Å²) in [6.45, 7) is 2.20. The molecule has 0 unspecified atom stereocenters. The second kappa shape index (κ2) is 9.87. The predicted octanol–water partition coefficient (Wildman–Crippen LogP) is 3.69. The highest BCUT2D eigenvalue weighted by Crippen LogP contribution is 2.12. The van der Waals surface area contributed by atoms with Gasteiger partial charge in [0, 0.05) is 18.7 Å². The normalized spacial score (nSPS) is 10.3. The molecule has 0 bridgehead atoms. The van der Waals surface area contributed by atoms with Gasteiger partial charge in [0.05, 0.1) is 18.8 Å². The number of hydrogen-bond acceptors (Lipinski definition) is 3. The zero-order valence-electron chi connectivity index (χ0n) is 14.4. The second-order valence-corrected chi connectivity index (χ2v) is 5.71. The van der Waals surface area contributed by atoms with Crippen molar-refractivity contribution in [1.29, 1.82) is 0 Å². The average Bonchev–Trinajstić information content (AvgIpc) is 2.98. The van der Waals surface area contributed by atoms with E-state index in [0.29, 0.717) is 6.61 Å². The Balaban J connectivity index is 0.00000225. The lowest BCUT2D eigenvalue weighted by Gasteiger charge is -2.09. The molecule has 0 spiro atoms. The van der Waals surface area contributed by atoms with Gasteiger partial charge in [0.15, 0.2) is 0 Å². The fourth-order valence-corrected chi connectivity index (χ4v) is 2.67. The Labute approximate surface area is 155 Å². The number of hydrogen-bond donors (Lipinski definition) is 1. The van der Waals surface area contributed by atoms with Crippen LogP contribution in [0.3, 0.4) is 0 Å². The van der Waals surface area contributed by atoms with E-state index in [4.69, 9.17) is 9.84 Å². The van der Waals surface area contributed by atoms with Crippen LogP contribution in [0.5, 0.6) is 5.75 Å². The topological polar surface area (TPSA) is 39.1 Å². The molecule has 3 aromatic rings. The van der Waals surface area contributed by atoms with E-state index in [-0.39, 0.29) is 12.4 Å². The van der Waals surface area contributed by atoms with Gasteiger partial charge in [-0.05, 0) is 30.8 Å². The molecule has 25 heavy (non-hydrogen) atoms. The fourth-order valence-electron chi connectivity index (χ4n) is 2.67. The number of rotatable bonds is 8. The third kappa shape index (κ3) is 5.62. The van der Waals surface area contributed by atoms with Crippen LogP contribution < -0.4 is 10.1 Å². The molecule has 3 rings (SSSR count). The van der Waals surface area contributed by atoms with E-state index in [1.807, 2.05) is 43.4 Å². The summed E-state index contributed by atoms with van der Waals surface area (Å²) >= 11 is 0. The monoisotopic (exact) mass is 357 g/mol. The number of halogens is 1. The molecular weight excluding hydrogens is 334 g/mol. The Morgan fingerprint density at radius 2 is 1.68 bits per heavy atom. The van der Waals surface area contributed by atoms with Gasteiger partial charge in [0.25, 0.3) is 0 Å². The van der Waals surface area contributed by atoms with E-state index in [2.05, 4.69) is 40.3 Å². The van der Waals surface area contributed by atoms with E-state index in [1.54, 1.807) is 0 Å². The predicted molar refractivity (Wildman–Crippen MR) is 103 cm³/mol. The maximum atomic E-state index is 5.83. The van der Waals surface area contributed by atoms with E-state index in [0.717, 1.165) is 31.0 Å². The molecule has 0 aliphatic rings. The Morgan fingerprint density at radius 3 is 2.36 bits per heavy atom. The Kier molecular flexibility index (Phi) is 7.51. The van der Waals surface area contributed by atoms with Crippen molar-refractivity contribution in [1.82, 2.24) is 15.1 Å². The van der Waals surface area contributed by atoms with Crippen LogP contribution in [-0.4, -0.2) is 23.4 Å². The van der Waals surface area contributed by atoms with Crippen LogP contribution in [-0.2, 0) is 19.5 Å². The summed E-state index contributed by atoms with van der Waals surface area (Å²) < 4.78 is 7.91. The van der Waals surface area contributed by atoms with Crippen molar-refractivity contribution in [3.63, 3.8) is 0 Å². The van der Waals surface area contributed by atoms with Gasteiger partial charge in [0.1, 0.15) is 5.75 Å². The molecule has 5 heteroatoms. The fraction of sp³-hybridized carbons (Fsp3) is 0.250. The van der Waals surface area contributed by atoms with E-state index in [1.165, 1.54) is 11.3 Å². The maximum absolute atomic E-state index is 5.83. The number of aromatic nitrogens is 2. The molecule has 0 fully saturated rings. The van der Waals surface area contributed by atoms with Crippen molar-refractivity contribution in [2.45, 2.75) is 19.5 Å². The molecule has 0 radical (unpaired) electrons. The van der Waals surface area contributed by atoms with Crippen LogP contribution in [0.4, 0.5) is 0 Å². The van der Waals surface area contributed by atoms with Crippen LogP contribution in [0.15, 0.2) is 66.7 Å². The Morgan fingerprint density at radius 1 is 1.00 bits per heavy atom. The van der Waals surface area contributed by atoms with Gasteiger partial charge < -0.3 is 10.1 Å². The first-order valence-electron chi connectivity index (χ1n) is 8.27. The summed E-state index contributed by atoms with van der Waals surface area (Å²) in [5.41, 5.74) is 3.50. The summed E-state index contributed by atoms with van der Waals surface area (Å²) in [5.74, 6) is 0.905. The summed E-state index contributed by atoms with van der Waals surface area (Å²) in [4.78, 5) is 0. The first-order valence-corrected chi connectivity index (χ1v) is 8.27. The highest BCUT2D eigenvalue weighted by atomic mass is 35.5. The molecule has 0 atom stereocenters. The van der Waals surface area contributed by atoms with Crippen LogP contribution in [0.2, 0.25) is 0 Å². The molecule has 0 aliphatic carbocycles. The van der Waals surface area contributed by atoms with Crippen molar-refractivity contribution in [3.05, 3.63) is 83.7 Å². The molecule has 0 amide bonds. The Bertz CT molecular complexity index is 744. The van der Waals surface area contributed by atoms with E-state index >= 15 is 0 Å². The number of para-hydroxylation sites is 1. The lowest BCUT2D eigenvalue weighted by molar-refractivity contribution is 0.318. The minimum atomic E-state index is 0. The van der Waals surface area contributed by atoms with Crippen LogP contribution in [0.25, 0.3) is 0 Å². The standard InChI is InChI=1S/C20H23N3O.ClH/c1-21-15-18-14-19(12-13-24-20-10-6-3-7-11-20)23(22-18)16-17-8-4-2-5-9-17;/h2-11,14,21H,12-13,15-16H2,1H3;1H. The van der Waals surface area contributed by atoms with Crippen molar-refractivity contribution < 1.29 is 4.74 Å². The molecule has 1 aromatic heterocycles. The number of nitrogens with zero attached hydrogens (tertiary/aromatic N) is 2. The molecular formula is C20H24ClN3O. The lowest BCUT2D eigenvalue weighted by Crippen LogP contribution is -2.11. The molecule has 132 valence electrons. The summed E-state index contributed by atoms with van der Waals surface area (Å²) in [6.07, 6.45) is 0.832. The minimum Gasteiger partial charge on any atom is -0.493 e. The zero-order chi connectivity index (χ0) is 16.6. The largest absolute Gasteiger partial charge is 0.493 e. The molecule has 0 aliphatic heterocycles. The van der Waals surface area contributed by atoms with Crippen LogP contribution in [0.1, 0.15) is 17.0 Å². The molecule has 2 aromatic carbocycles. The third-order valence-electron chi connectivity index (χ3n) is 3.82. The molecule has 1 heterocycles. The number of nitrogens with one attached hydrogen (secondary N) is 1. The summed E-state index contributed by atoms with van der Waals surface area (Å²) in [5, 5.41) is 7.88. The average molecular weight is 358 g/mol. The highest BCUT2D eigenvalue weighted by molar-refractivity contribution is 5.85. The summed E-state index contributed by atoms with van der Waals surface area (Å²) in [6, 6.07) is 22.5. The molecule has 0 saturated heterocycles. The van der Waals surface area contributed by atoms with E-state index < -0.39 is 0 Å². The van der Waals surface area contributed by atoms with Gasteiger partial charge in [-0.25, -0.2) is 0 Å². The van der Waals surface area contributed by atoms with Gasteiger partial charge >= 0.3 is 0 Å². The number of ether oxygens (including phenoxy) is 1. The van der Waals surface area contributed by atoms with Gasteiger partial charge in [0.2, 0.25) is 0 Å². The van der Waals surface area contributed by atoms with E-state index in [9.17, 15) is 0 Å². The lowest BCUT2D eigenvalue weighted by atomic mass is 10.2. The van der Waals surface area contributed by atoms with Gasteiger partial charge in [-0.15, -0.1) is 12.4 Å². The van der Waals surface area contributed by atoms with Gasteiger partial charge in [-0.3, -0.25) is 4.68 Å². The van der Waals surface area contributed by atoms with Crippen molar-refractivity contribution in [2.75, 3.05) is 13.7 Å². The molecule has 1 N–H and O–H groups in total. The Hall–Kier alpha value is -2.30. The number of benzene rings is 2. The van der Waals surface area contributed by atoms with Crippen molar-refractivity contribution in [3.8, 4) is 5.75 Å². The minimum absolute atomic E-state index is 0. The molecule has 4 nitrogen and oxygen atoms in total. The van der Waals surface area contributed by atoms with Crippen LogP contribution >= 0.6 is 12.4 Å². The maximum Gasteiger partial charge on any atom is 0.119 e. The zero-order valence-corrected chi connectivity index (χ0v) is 15.2. The second-order valence-electron chi connectivity index (χ2n) is 5.71. The first-order chi connectivity index (χ1) is 11.8. The van der Waals surface area contributed by atoms with Gasteiger partial charge in [-0.2, -0.15) is 5.10 Å². The highest BCUT2D eigenvalue weighted by Gasteiger charge is 2.08. The quantitative estimate of drug-likeness (QED) is 0.668. The smallest absolute Gasteiger partial charge is 0.119 e. The molecule has 0 saturated carbocycles. The first kappa shape index (κ1) is 19.0. The third-order valence-corrected chi connectivity index (χ3v) is 3.82. The van der Waals surface area contributed by atoms with Crippen molar-refractivity contribution >= 4 is 12.4 Å². The van der Waals surface area contributed by atoms with Gasteiger partial charge in [-0.1, -0.05) is 48.5 Å². The van der Waals surface area contributed by atoms with Crippen molar-refractivity contribution in [2.24, 2.45) is 0 Å².